The van der Waals surface area contributed by atoms with Gasteiger partial charge in [0.2, 0.25) is 0 Å². The smallest absolute Gasteiger partial charge is 0.130 e. The van der Waals surface area contributed by atoms with E-state index in [2.05, 4.69) is 0 Å². The molecule has 0 bridgehead atoms. The lowest BCUT2D eigenvalue weighted by atomic mass is 10.1. The van der Waals surface area contributed by atoms with Gasteiger partial charge in [-0.3, -0.25) is 0 Å². The van der Waals surface area contributed by atoms with Gasteiger partial charge < -0.3 is 5.11 Å². The van der Waals surface area contributed by atoms with E-state index in [1.54, 1.807) is 0 Å². The van der Waals surface area contributed by atoms with Gasteiger partial charge in [0.25, 0.3) is 0 Å². The Labute approximate surface area is 69.9 Å². The predicted octanol–water partition coefficient (Wildman–Crippen LogP) is 1.75. The van der Waals surface area contributed by atoms with Crippen LogP contribution in [0.25, 0.3) is 0 Å². The Morgan fingerprint density at radius 3 is 2.67 bits per heavy atom. The molecule has 0 aliphatic carbocycles. The molecule has 1 aromatic carbocycles. The van der Waals surface area contributed by atoms with Gasteiger partial charge in [-0.1, -0.05) is 6.07 Å². The molecule has 62 valence electrons. The van der Waals surface area contributed by atoms with Crippen molar-refractivity contribution < 1.29 is 9.50 Å². The van der Waals surface area contributed by atoms with Crippen LogP contribution < -0.4 is 0 Å². The van der Waals surface area contributed by atoms with Crippen molar-refractivity contribution in [1.82, 2.24) is 0 Å². The third-order valence-corrected chi connectivity index (χ3v) is 1.58. The zero-order chi connectivity index (χ0) is 9.14. The van der Waals surface area contributed by atoms with Crippen LogP contribution in [0.3, 0.4) is 0 Å². The Morgan fingerprint density at radius 2 is 2.25 bits per heavy atom. The molecular formula is C9H8FNO. The number of nitrogens with zero attached hydrogens (tertiary/aromatic N) is 1. The van der Waals surface area contributed by atoms with Crippen LogP contribution in [0.1, 0.15) is 24.2 Å². The van der Waals surface area contributed by atoms with Gasteiger partial charge >= 0.3 is 0 Å². The minimum atomic E-state index is -0.835. The number of rotatable bonds is 1. The van der Waals surface area contributed by atoms with Crippen molar-refractivity contribution in [1.29, 1.82) is 5.26 Å². The molecule has 0 fully saturated rings. The molecule has 0 aliphatic rings. The number of nitriles is 1. The van der Waals surface area contributed by atoms with Crippen molar-refractivity contribution in [2.45, 2.75) is 13.0 Å². The summed E-state index contributed by atoms with van der Waals surface area (Å²) in [5.41, 5.74) is 0.478. The lowest BCUT2D eigenvalue weighted by Gasteiger charge is -2.04. The lowest BCUT2D eigenvalue weighted by Crippen LogP contribution is -1.95. The standard InChI is InChI=1S/C9H8FNO/c1-6(12)8-3-2-7(5-11)4-9(8)10/h2-4,6,12H,1H3/t6-/m1/s1. The third kappa shape index (κ3) is 1.60. The normalized spacial score (nSPS) is 12.2. The van der Waals surface area contributed by atoms with E-state index < -0.39 is 11.9 Å². The highest BCUT2D eigenvalue weighted by Crippen LogP contribution is 2.16. The average molecular weight is 165 g/mol. The van der Waals surface area contributed by atoms with E-state index in [0.717, 1.165) is 6.07 Å². The van der Waals surface area contributed by atoms with E-state index in [1.165, 1.54) is 19.1 Å². The maximum absolute atomic E-state index is 13.0. The molecule has 3 heteroatoms. The quantitative estimate of drug-likeness (QED) is 0.688. The molecule has 1 rings (SSSR count). The number of benzene rings is 1. The van der Waals surface area contributed by atoms with Crippen LogP contribution in [0, 0.1) is 17.1 Å². The summed E-state index contributed by atoms with van der Waals surface area (Å²) in [5.74, 6) is -0.538. The van der Waals surface area contributed by atoms with E-state index in [4.69, 9.17) is 10.4 Å². The van der Waals surface area contributed by atoms with Crippen molar-refractivity contribution in [3.8, 4) is 6.07 Å². The Hall–Kier alpha value is -1.40. The highest BCUT2D eigenvalue weighted by Gasteiger charge is 2.07. The zero-order valence-corrected chi connectivity index (χ0v) is 6.58. The molecule has 2 nitrogen and oxygen atoms in total. The molecule has 0 saturated carbocycles. The van der Waals surface area contributed by atoms with Crippen LogP contribution >= 0.6 is 0 Å². The van der Waals surface area contributed by atoms with Gasteiger partial charge in [-0.25, -0.2) is 4.39 Å². The van der Waals surface area contributed by atoms with Gasteiger partial charge in [0, 0.05) is 5.56 Å². The van der Waals surface area contributed by atoms with Crippen molar-refractivity contribution >= 4 is 0 Å². The second-order valence-corrected chi connectivity index (χ2v) is 2.52. The summed E-state index contributed by atoms with van der Waals surface area (Å²) in [6.45, 7) is 1.48. The van der Waals surface area contributed by atoms with Crippen LogP contribution in [0.4, 0.5) is 4.39 Å². The van der Waals surface area contributed by atoms with Gasteiger partial charge in [0.05, 0.1) is 17.7 Å². The first-order valence-corrected chi connectivity index (χ1v) is 3.52. The minimum absolute atomic E-state index is 0.217. The van der Waals surface area contributed by atoms with E-state index in [1.807, 2.05) is 6.07 Å². The summed E-state index contributed by atoms with van der Waals surface area (Å²) in [6, 6.07) is 5.82. The molecule has 0 heterocycles. The second-order valence-electron chi connectivity index (χ2n) is 2.52. The van der Waals surface area contributed by atoms with Crippen LogP contribution in [0.2, 0.25) is 0 Å². The SMILES string of the molecule is C[C@@H](O)c1ccc(C#N)cc1F. The first-order chi connectivity index (χ1) is 5.65. The summed E-state index contributed by atoms with van der Waals surface area (Å²) in [4.78, 5) is 0. The van der Waals surface area contributed by atoms with Gasteiger partial charge in [0.1, 0.15) is 5.82 Å². The fourth-order valence-electron chi connectivity index (χ4n) is 0.935. The van der Waals surface area contributed by atoms with Gasteiger partial charge in [0.15, 0.2) is 0 Å². The molecule has 0 spiro atoms. The number of hydrogen-bond acceptors (Lipinski definition) is 2. The molecule has 0 unspecified atom stereocenters. The van der Waals surface area contributed by atoms with Crippen molar-refractivity contribution in [2.24, 2.45) is 0 Å². The fraction of sp³-hybridized carbons (Fsp3) is 0.222. The highest BCUT2D eigenvalue weighted by molar-refractivity contribution is 5.33. The molecule has 0 saturated heterocycles. The first kappa shape index (κ1) is 8.69. The summed E-state index contributed by atoms with van der Waals surface area (Å²) in [5, 5.41) is 17.5. The molecule has 0 aromatic heterocycles. The fourth-order valence-corrected chi connectivity index (χ4v) is 0.935. The summed E-state index contributed by atoms with van der Waals surface area (Å²) >= 11 is 0. The predicted molar refractivity (Wildman–Crippen MR) is 41.7 cm³/mol. The minimum Gasteiger partial charge on any atom is -0.389 e. The van der Waals surface area contributed by atoms with Crippen LogP contribution in [0.15, 0.2) is 18.2 Å². The number of halogens is 1. The topological polar surface area (TPSA) is 44.0 Å². The zero-order valence-electron chi connectivity index (χ0n) is 6.58. The van der Waals surface area contributed by atoms with Crippen molar-refractivity contribution in [3.05, 3.63) is 35.1 Å². The molecule has 0 amide bonds. The molecule has 1 aromatic rings. The maximum Gasteiger partial charge on any atom is 0.130 e. The van der Waals surface area contributed by atoms with E-state index in [9.17, 15) is 4.39 Å². The Balaban J connectivity index is 3.14. The molecule has 0 radical (unpaired) electrons. The van der Waals surface area contributed by atoms with Gasteiger partial charge in [-0.15, -0.1) is 0 Å². The van der Waals surface area contributed by atoms with Crippen LogP contribution in [-0.2, 0) is 0 Å². The van der Waals surface area contributed by atoms with E-state index in [0.29, 0.717) is 0 Å². The monoisotopic (exact) mass is 165 g/mol. The van der Waals surface area contributed by atoms with E-state index >= 15 is 0 Å². The first-order valence-electron chi connectivity index (χ1n) is 3.52. The van der Waals surface area contributed by atoms with Crippen LogP contribution in [-0.4, -0.2) is 5.11 Å². The number of aliphatic hydroxyl groups is 1. The van der Waals surface area contributed by atoms with Crippen LogP contribution in [0.5, 0.6) is 0 Å². The van der Waals surface area contributed by atoms with Gasteiger partial charge in [-0.2, -0.15) is 5.26 Å². The third-order valence-electron chi connectivity index (χ3n) is 1.58. The van der Waals surface area contributed by atoms with Crippen molar-refractivity contribution in [2.75, 3.05) is 0 Å². The maximum atomic E-state index is 13.0. The van der Waals surface area contributed by atoms with Gasteiger partial charge in [-0.05, 0) is 19.1 Å². The summed E-state index contributed by atoms with van der Waals surface area (Å²) in [7, 11) is 0. The molecule has 0 aliphatic heterocycles. The lowest BCUT2D eigenvalue weighted by molar-refractivity contribution is 0.194. The number of aliphatic hydroxyl groups excluding tert-OH is 1. The number of hydrogen-bond donors (Lipinski definition) is 1. The highest BCUT2D eigenvalue weighted by atomic mass is 19.1. The molecular weight excluding hydrogens is 157 g/mol. The van der Waals surface area contributed by atoms with E-state index in [-0.39, 0.29) is 11.1 Å². The summed E-state index contributed by atoms with van der Waals surface area (Å²) < 4.78 is 13.0. The molecule has 1 N–H and O–H groups in total. The Bertz CT molecular complexity index is 328. The Morgan fingerprint density at radius 1 is 1.58 bits per heavy atom. The average Bonchev–Trinajstić information content (AvgIpc) is 2.03. The van der Waals surface area contributed by atoms with Crippen molar-refractivity contribution in [3.63, 3.8) is 0 Å². The Kier molecular flexibility index (Phi) is 2.41. The summed E-state index contributed by atoms with van der Waals surface area (Å²) in [6.07, 6.45) is -0.835. The largest absolute Gasteiger partial charge is 0.389 e. The molecule has 1 atom stereocenters. The second kappa shape index (κ2) is 3.33. The molecule has 12 heavy (non-hydrogen) atoms.